The highest BCUT2D eigenvalue weighted by Crippen LogP contribution is 2.27. The van der Waals surface area contributed by atoms with Gasteiger partial charge >= 0.3 is 0 Å². The maximum absolute atomic E-state index is 11.8. The van der Waals surface area contributed by atoms with Gasteiger partial charge in [-0.05, 0) is 22.8 Å². The van der Waals surface area contributed by atoms with Crippen molar-refractivity contribution >= 4 is 15.9 Å². The minimum absolute atomic E-state index is 0.0664. The Morgan fingerprint density at radius 1 is 1.26 bits per heavy atom. The molecule has 0 aliphatic carbocycles. The van der Waals surface area contributed by atoms with Crippen molar-refractivity contribution < 1.29 is 13.5 Å². The minimum Gasteiger partial charge on any atom is -0.392 e. The standard InChI is InChI=1S/C13H16N6O3S/c14-18-12(19-15)11-10(5-6-17-13(11)23(16,21)22)9-3-1-8(7-20)2-4-9/h1-6,20H,7,14-15H2,(H,18,19)(H2,16,21,22). The largest absolute Gasteiger partial charge is 0.392 e. The molecule has 122 valence electrons. The fraction of sp³-hybridized carbons (Fsp3) is 0.0769. The van der Waals surface area contributed by atoms with Crippen LogP contribution in [0.1, 0.15) is 11.1 Å². The highest BCUT2D eigenvalue weighted by atomic mass is 32.2. The highest BCUT2D eigenvalue weighted by Gasteiger charge is 2.23. The third-order valence-electron chi connectivity index (χ3n) is 3.14. The van der Waals surface area contributed by atoms with Crippen molar-refractivity contribution in [2.24, 2.45) is 21.9 Å². The van der Waals surface area contributed by atoms with E-state index in [0.29, 0.717) is 16.7 Å². The normalized spacial score (nSPS) is 12.2. The molecule has 1 aromatic heterocycles. The van der Waals surface area contributed by atoms with E-state index in [4.69, 9.17) is 21.9 Å². The average Bonchev–Trinajstić information content (AvgIpc) is 2.55. The van der Waals surface area contributed by atoms with Gasteiger partial charge in [-0.2, -0.15) is 5.10 Å². The second-order valence-electron chi connectivity index (χ2n) is 4.56. The van der Waals surface area contributed by atoms with Crippen LogP contribution in [-0.2, 0) is 16.6 Å². The zero-order valence-corrected chi connectivity index (χ0v) is 12.8. The Labute approximate surface area is 132 Å². The molecular formula is C13H16N6O3S. The van der Waals surface area contributed by atoms with Gasteiger partial charge < -0.3 is 16.4 Å². The van der Waals surface area contributed by atoms with Crippen molar-refractivity contribution in [1.29, 1.82) is 0 Å². The van der Waals surface area contributed by atoms with Crippen LogP contribution in [0.4, 0.5) is 0 Å². The second-order valence-corrected chi connectivity index (χ2v) is 6.04. The first-order valence-corrected chi connectivity index (χ1v) is 7.93. The van der Waals surface area contributed by atoms with E-state index in [1.54, 1.807) is 30.3 Å². The number of rotatable bonds is 4. The number of nitrogens with one attached hydrogen (secondary N) is 1. The van der Waals surface area contributed by atoms with Crippen molar-refractivity contribution in [3.63, 3.8) is 0 Å². The quantitative estimate of drug-likeness (QED) is 0.206. The Kier molecular flexibility index (Phi) is 4.91. The smallest absolute Gasteiger partial charge is 0.256 e. The van der Waals surface area contributed by atoms with Gasteiger partial charge in [0.15, 0.2) is 10.9 Å². The van der Waals surface area contributed by atoms with Crippen LogP contribution < -0.4 is 22.3 Å². The number of amidine groups is 1. The van der Waals surface area contributed by atoms with Gasteiger partial charge in [-0.25, -0.2) is 24.4 Å². The number of pyridine rings is 1. The predicted octanol–water partition coefficient (Wildman–Crippen LogP) is -1.03. The Balaban J connectivity index is 2.77. The third-order valence-corrected chi connectivity index (χ3v) is 3.98. The molecule has 2 rings (SSSR count). The van der Waals surface area contributed by atoms with Gasteiger partial charge in [-0.1, -0.05) is 24.3 Å². The van der Waals surface area contributed by atoms with Crippen LogP contribution in [0.2, 0.25) is 0 Å². The zero-order valence-electron chi connectivity index (χ0n) is 12.0. The molecule has 0 spiro atoms. The number of aliphatic hydroxyl groups excluding tert-OH is 1. The lowest BCUT2D eigenvalue weighted by atomic mass is 10.00. The first-order chi connectivity index (χ1) is 10.9. The van der Waals surface area contributed by atoms with Crippen molar-refractivity contribution in [3.05, 3.63) is 47.7 Å². The monoisotopic (exact) mass is 336 g/mol. The van der Waals surface area contributed by atoms with Gasteiger partial charge in [0.05, 0.1) is 12.2 Å². The molecule has 0 atom stereocenters. The van der Waals surface area contributed by atoms with E-state index in [1.807, 2.05) is 0 Å². The lowest BCUT2D eigenvalue weighted by Gasteiger charge is -2.14. The molecule has 0 radical (unpaired) electrons. The number of hydrazine groups is 1. The van der Waals surface area contributed by atoms with E-state index in [2.05, 4.69) is 15.5 Å². The predicted molar refractivity (Wildman–Crippen MR) is 85.0 cm³/mol. The molecule has 0 saturated heterocycles. The summed E-state index contributed by atoms with van der Waals surface area (Å²) in [6.07, 6.45) is 1.31. The highest BCUT2D eigenvalue weighted by molar-refractivity contribution is 7.89. The maximum Gasteiger partial charge on any atom is 0.256 e. The van der Waals surface area contributed by atoms with E-state index in [-0.39, 0.29) is 18.0 Å². The number of sulfonamides is 1. The van der Waals surface area contributed by atoms with Crippen LogP contribution in [0.5, 0.6) is 0 Å². The van der Waals surface area contributed by atoms with E-state index >= 15 is 0 Å². The molecule has 23 heavy (non-hydrogen) atoms. The molecule has 0 fully saturated rings. The maximum atomic E-state index is 11.8. The van der Waals surface area contributed by atoms with Crippen molar-refractivity contribution in [1.82, 2.24) is 10.4 Å². The number of benzene rings is 1. The fourth-order valence-electron chi connectivity index (χ4n) is 2.09. The molecule has 0 unspecified atom stereocenters. The van der Waals surface area contributed by atoms with Gasteiger partial charge in [-0.3, -0.25) is 0 Å². The molecule has 0 saturated carbocycles. The lowest BCUT2D eigenvalue weighted by molar-refractivity contribution is 0.282. The van der Waals surface area contributed by atoms with E-state index < -0.39 is 15.0 Å². The Morgan fingerprint density at radius 3 is 2.39 bits per heavy atom. The second kappa shape index (κ2) is 6.71. The molecule has 0 bridgehead atoms. The average molecular weight is 336 g/mol. The summed E-state index contributed by atoms with van der Waals surface area (Å²) in [5.41, 5.74) is 4.14. The summed E-state index contributed by atoms with van der Waals surface area (Å²) >= 11 is 0. The summed E-state index contributed by atoms with van der Waals surface area (Å²) in [6.45, 7) is -0.105. The fourth-order valence-corrected chi connectivity index (χ4v) is 2.79. The topological polar surface area (TPSA) is 170 Å². The first-order valence-electron chi connectivity index (χ1n) is 6.39. The number of aromatic nitrogens is 1. The summed E-state index contributed by atoms with van der Waals surface area (Å²) in [5.74, 6) is 10.6. The van der Waals surface area contributed by atoms with Gasteiger partial charge in [0.25, 0.3) is 10.0 Å². The van der Waals surface area contributed by atoms with Crippen LogP contribution in [0.15, 0.2) is 46.7 Å². The third kappa shape index (κ3) is 3.46. The molecule has 1 aromatic carbocycles. The van der Waals surface area contributed by atoms with Crippen molar-refractivity contribution in [2.75, 3.05) is 0 Å². The van der Waals surface area contributed by atoms with Crippen LogP contribution in [-0.4, -0.2) is 24.3 Å². The van der Waals surface area contributed by atoms with Gasteiger partial charge in [-0.15, -0.1) is 0 Å². The van der Waals surface area contributed by atoms with Gasteiger partial charge in [0, 0.05) is 6.20 Å². The molecule has 0 aliphatic heterocycles. The first kappa shape index (κ1) is 16.8. The number of hydrogen-bond donors (Lipinski definition) is 5. The lowest BCUT2D eigenvalue weighted by Crippen LogP contribution is -2.34. The summed E-state index contributed by atoms with van der Waals surface area (Å²) in [4.78, 5) is 3.80. The SMILES string of the molecule is N/N=C(\NN)c1c(-c2ccc(CO)cc2)ccnc1S(N)(=O)=O. The molecule has 0 amide bonds. The molecule has 1 heterocycles. The molecular weight excluding hydrogens is 320 g/mol. The Bertz CT molecular complexity index is 833. The van der Waals surface area contributed by atoms with Crippen molar-refractivity contribution in [3.8, 4) is 11.1 Å². The van der Waals surface area contributed by atoms with Crippen molar-refractivity contribution in [2.45, 2.75) is 11.6 Å². The summed E-state index contributed by atoms with van der Waals surface area (Å²) in [7, 11) is -4.13. The molecule has 8 N–H and O–H groups in total. The number of aliphatic hydroxyl groups is 1. The summed E-state index contributed by atoms with van der Waals surface area (Å²) in [6, 6.07) is 8.40. The van der Waals surface area contributed by atoms with Gasteiger partial charge in [0.2, 0.25) is 0 Å². The number of hydrazone groups is 1. The van der Waals surface area contributed by atoms with Crippen LogP contribution in [0, 0.1) is 0 Å². The van der Waals surface area contributed by atoms with Crippen LogP contribution in [0.25, 0.3) is 11.1 Å². The summed E-state index contributed by atoms with van der Waals surface area (Å²) < 4.78 is 23.6. The minimum atomic E-state index is -4.13. The van der Waals surface area contributed by atoms with E-state index in [1.165, 1.54) is 6.20 Å². The van der Waals surface area contributed by atoms with Crippen LogP contribution >= 0.6 is 0 Å². The summed E-state index contributed by atoms with van der Waals surface area (Å²) in [5, 5.41) is 17.4. The number of nitrogens with two attached hydrogens (primary N) is 3. The van der Waals surface area contributed by atoms with Crippen LogP contribution in [0.3, 0.4) is 0 Å². The zero-order chi connectivity index (χ0) is 17.0. The number of primary sulfonamides is 1. The van der Waals surface area contributed by atoms with E-state index in [9.17, 15) is 8.42 Å². The Morgan fingerprint density at radius 2 is 1.91 bits per heavy atom. The number of hydrogen-bond acceptors (Lipinski definition) is 7. The molecule has 9 nitrogen and oxygen atoms in total. The number of nitrogens with zero attached hydrogens (tertiary/aromatic N) is 2. The Hall–Kier alpha value is -2.53. The van der Waals surface area contributed by atoms with E-state index in [0.717, 1.165) is 0 Å². The molecule has 10 heteroatoms. The molecule has 2 aromatic rings. The molecule has 0 aliphatic rings. The van der Waals surface area contributed by atoms with Gasteiger partial charge in [0.1, 0.15) is 0 Å².